The van der Waals surface area contributed by atoms with Gasteiger partial charge in [0, 0.05) is 18.7 Å². The maximum atomic E-state index is 12.5. The Morgan fingerprint density at radius 3 is 2.90 bits per heavy atom. The van der Waals surface area contributed by atoms with E-state index in [0.29, 0.717) is 6.54 Å². The van der Waals surface area contributed by atoms with Gasteiger partial charge < -0.3 is 10.6 Å². The van der Waals surface area contributed by atoms with Gasteiger partial charge in [0.1, 0.15) is 0 Å². The molecule has 1 unspecified atom stereocenters. The summed E-state index contributed by atoms with van der Waals surface area (Å²) in [6, 6.07) is 5.72. The number of aromatic nitrogens is 1. The van der Waals surface area contributed by atoms with Crippen LogP contribution in [-0.2, 0) is 0 Å². The number of halogens is 2. The number of carbonyl (C=O) groups is 1. The average molecular weight is 348 g/mol. The summed E-state index contributed by atoms with van der Waals surface area (Å²) in [4.78, 5) is 18.6. The van der Waals surface area contributed by atoms with Crippen molar-refractivity contribution in [2.24, 2.45) is 11.1 Å². The summed E-state index contributed by atoms with van der Waals surface area (Å²) >= 11 is 1.56. The molecule has 21 heavy (non-hydrogen) atoms. The molecule has 1 atom stereocenters. The summed E-state index contributed by atoms with van der Waals surface area (Å²) < 4.78 is 1.06. The molecule has 1 aliphatic rings. The van der Waals surface area contributed by atoms with E-state index < -0.39 is 0 Å². The van der Waals surface area contributed by atoms with Crippen molar-refractivity contribution in [3.63, 3.8) is 0 Å². The first kappa shape index (κ1) is 18.2. The Hall–Kier alpha value is -0.880. The van der Waals surface area contributed by atoms with E-state index in [1.165, 1.54) is 0 Å². The molecule has 0 spiro atoms. The molecule has 2 N–H and O–H groups in total. The molecular weight excluding hydrogens is 329 g/mol. The first-order valence-corrected chi connectivity index (χ1v) is 7.32. The van der Waals surface area contributed by atoms with Crippen LogP contribution >= 0.6 is 36.2 Å². The minimum Gasteiger partial charge on any atom is -0.338 e. The number of fused-ring (bicyclic) bond motifs is 1. The fourth-order valence-electron chi connectivity index (χ4n) is 2.53. The molecule has 1 aromatic carbocycles. The highest BCUT2D eigenvalue weighted by atomic mass is 35.5. The van der Waals surface area contributed by atoms with Crippen LogP contribution in [0, 0.1) is 5.41 Å². The molecule has 116 valence electrons. The van der Waals surface area contributed by atoms with Gasteiger partial charge in [0.15, 0.2) is 0 Å². The Morgan fingerprint density at radius 1 is 1.48 bits per heavy atom. The number of amides is 1. The van der Waals surface area contributed by atoms with Crippen molar-refractivity contribution in [1.29, 1.82) is 0 Å². The van der Waals surface area contributed by atoms with E-state index in [0.717, 1.165) is 35.3 Å². The number of thiazole rings is 1. The van der Waals surface area contributed by atoms with Crippen molar-refractivity contribution < 1.29 is 4.79 Å². The van der Waals surface area contributed by atoms with Gasteiger partial charge in [-0.2, -0.15) is 0 Å². The van der Waals surface area contributed by atoms with Crippen LogP contribution in [0.25, 0.3) is 10.2 Å². The van der Waals surface area contributed by atoms with Gasteiger partial charge in [0.25, 0.3) is 5.91 Å². The lowest BCUT2D eigenvalue weighted by Crippen LogP contribution is -2.34. The second-order valence-electron chi connectivity index (χ2n) is 5.53. The predicted octanol–water partition coefficient (Wildman–Crippen LogP) is 2.95. The number of nitrogens with two attached hydrogens (primary N) is 1. The molecule has 7 heteroatoms. The third-order valence-electron chi connectivity index (χ3n) is 3.92. The number of benzene rings is 1. The van der Waals surface area contributed by atoms with E-state index in [1.807, 2.05) is 23.1 Å². The van der Waals surface area contributed by atoms with Gasteiger partial charge in [-0.3, -0.25) is 4.79 Å². The Bertz CT molecular complexity index is 633. The molecule has 1 amide bonds. The highest BCUT2D eigenvalue weighted by Crippen LogP contribution is 2.30. The standard InChI is InChI=1S/C14H17N3OS.2ClH/c1-14(7-15)4-5-17(8-14)13(18)10-2-3-11-12(6-10)19-9-16-11;;/h2-3,6,9H,4-5,7-8,15H2,1H3;2*1H. The number of hydrogen-bond acceptors (Lipinski definition) is 4. The van der Waals surface area contributed by atoms with E-state index in [2.05, 4.69) is 11.9 Å². The van der Waals surface area contributed by atoms with Crippen molar-refractivity contribution in [3.8, 4) is 0 Å². The average Bonchev–Trinajstić information content (AvgIpc) is 3.04. The molecule has 3 rings (SSSR count). The third-order valence-corrected chi connectivity index (χ3v) is 4.71. The first-order valence-electron chi connectivity index (χ1n) is 6.44. The van der Waals surface area contributed by atoms with Gasteiger partial charge in [-0.05, 0) is 36.6 Å². The minimum atomic E-state index is 0. The van der Waals surface area contributed by atoms with Gasteiger partial charge in [-0.15, -0.1) is 36.2 Å². The lowest BCUT2D eigenvalue weighted by molar-refractivity contribution is 0.0777. The highest BCUT2D eigenvalue weighted by molar-refractivity contribution is 7.16. The first-order chi connectivity index (χ1) is 9.11. The molecule has 0 bridgehead atoms. The molecule has 2 heterocycles. The summed E-state index contributed by atoms with van der Waals surface area (Å²) in [6.07, 6.45) is 0.984. The van der Waals surface area contributed by atoms with E-state index in [1.54, 1.807) is 16.8 Å². The Balaban J connectivity index is 0.00000110. The second-order valence-corrected chi connectivity index (χ2v) is 6.41. The molecule has 1 fully saturated rings. The van der Waals surface area contributed by atoms with E-state index >= 15 is 0 Å². The number of rotatable bonds is 2. The third kappa shape index (κ3) is 3.48. The van der Waals surface area contributed by atoms with Crippen LogP contribution in [-0.4, -0.2) is 35.4 Å². The lowest BCUT2D eigenvalue weighted by Gasteiger charge is -2.22. The Kier molecular flexibility index (Phi) is 5.99. The summed E-state index contributed by atoms with van der Waals surface area (Å²) in [5, 5.41) is 0. The van der Waals surface area contributed by atoms with Gasteiger partial charge in [-0.1, -0.05) is 6.92 Å². The van der Waals surface area contributed by atoms with Gasteiger partial charge >= 0.3 is 0 Å². The monoisotopic (exact) mass is 347 g/mol. The fraction of sp³-hybridized carbons (Fsp3) is 0.429. The normalized spacial score (nSPS) is 21.0. The van der Waals surface area contributed by atoms with Gasteiger partial charge in [-0.25, -0.2) is 4.98 Å². The molecule has 4 nitrogen and oxygen atoms in total. The molecule has 0 aliphatic carbocycles. The van der Waals surface area contributed by atoms with Crippen molar-refractivity contribution in [1.82, 2.24) is 9.88 Å². The van der Waals surface area contributed by atoms with Crippen LogP contribution in [0.4, 0.5) is 0 Å². The summed E-state index contributed by atoms with van der Waals surface area (Å²) in [6.45, 7) is 4.33. The molecular formula is C14H19Cl2N3OS. The maximum absolute atomic E-state index is 12.5. The zero-order valence-corrected chi connectivity index (χ0v) is 14.2. The highest BCUT2D eigenvalue weighted by Gasteiger charge is 2.35. The minimum absolute atomic E-state index is 0. The zero-order chi connectivity index (χ0) is 13.5. The van der Waals surface area contributed by atoms with Gasteiger partial charge in [0.05, 0.1) is 15.7 Å². The molecule has 2 aromatic rings. The van der Waals surface area contributed by atoms with Crippen LogP contribution in [0.2, 0.25) is 0 Å². The summed E-state index contributed by atoms with van der Waals surface area (Å²) in [5.41, 5.74) is 9.37. The lowest BCUT2D eigenvalue weighted by atomic mass is 9.90. The Morgan fingerprint density at radius 2 is 2.24 bits per heavy atom. The molecule has 1 saturated heterocycles. The SMILES string of the molecule is CC1(CN)CCN(C(=O)c2ccc3ncsc3c2)C1.Cl.Cl. The fourth-order valence-corrected chi connectivity index (χ4v) is 3.25. The maximum Gasteiger partial charge on any atom is 0.253 e. The van der Waals surface area contributed by atoms with E-state index in [-0.39, 0.29) is 36.1 Å². The molecule has 1 aromatic heterocycles. The molecule has 0 radical (unpaired) electrons. The predicted molar refractivity (Wildman–Crippen MR) is 91.8 cm³/mol. The summed E-state index contributed by atoms with van der Waals surface area (Å²) in [5.74, 6) is 0.104. The van der Waals surface area contributed by atoms with Crippen molar-refractivity contribution in [3.05, 3.63) is 29.3 Å². The van der Waals surface area contributed by atoms with Crippen LogP contribution in [0.3, 0.4) is 0 Å². The summed E-state index contributed by atoms with van der Waals surface area (Å²) in [7, 11) is 0. The van der Waals surface area contributed by atoms with Crippen molar-refractivity contribution in [2.75, 3.05) is 19.6 Å². The number of hydrogen-bond donors (Lipinski definition) is 1. The van der Waals surface area contributed by atoms with E-state index in [4.69, 9.17) is 5.73 Å². The van der Waals surface area contributed by atoms with Crippen LogP contribution in [0.5, 0.6) is 0 Å². The van der Waals surface area contributed by atoms with Crippen molar-refractivity contribution in [2.45, 2.75) is 13.3 Å². The molecule has 1 aliphatic heterocycles. The topological polar surface area (TPSA) is 59.2 Å². The van der Waals surface area contributed by atoms with Crippen LogP contribution in [0.15, 0.2) is 23.7 Å². The van der Waals surface area contributed by atoms with Crippen LogP contribution in [0.1, 0.15) is 23.7 Å². The smallest absolute Gasteiger partial charge is 0.253 e. The number of nitrogens with zero attached hydrogens (tertiary/aromatic N) is 2. The van der Waals surface area contributed by atoms with E-state index in [9.17, 15) is 4.79 Å². The number of likely N-dealkylation sites (tertiary alicyclic amines) is 1. The molecule has 0 saturated carbocycles. The largest absolute Gasteiger partial charge is 0.338 e. The quantitative estimate of drug-likeness (QED) is 0.908. The second kappa shape index (κ2) is 6.92. The van der Waals surface area contributed by atoms with Crippen molar-refractivity contribution >= 4 is 52.3 Å². The number of carbonyl (C=O) groups excluding carboxylic acids is 1. The van der Waals surface area contributed by atoms with Crippen LogP contribution < -0.4 is 5.73 Å². The van der Waals surface area contributed by atoms with Gasteiger partial charge in [0.2, 0.25) is 0 Å². The zero-order valence-electron chi connectivity index (χ0n) is 11.7. The Labute approximate surface area is 140 Å².